The van der Waals surface area contributed by atoms with Gasteiger partial charge in [-0.3, -0.25) is 4.21 Å². The number of aromatic nitrogens is 1. The highest BCUT2D eigenvalue weighted by atomic mass is 32.2. The van der Waals surface area contributed by atoms with Crippen molar-refractivity contribution in [2.24, 2.45) is 0 Å². The van der Waals surface area contributed by atoms with Crippen molar-refractivity contribution < 1.29 is 4.21 Å². The first-order valence-corrected chi connectivity index (χ1v) is 7.62. The van der Waals surface area contributed by atoms with Crippen molar-refractivity contribution in [3.8, 4) is 0 Å². The minimum absolute atomic E-state index is 0.323. The van der Waals surface area contributed by atoms with Crippen molar-refractivity contribution >= 4 is 22.1 Å². The van der Waals surface area contributed by atoms with E-state index in [9.17, 15) is 4.21 Å². The number of nitrogens with zero attached hydrogens (tertiary/aromatic N) is 1. The number of rotatable bonds is 6. The molecule has 1 N–H and O–H groups in total. The molecule has 0 fully saturated rings. The van der Waals surface area contributed by atoms with Crippen LogP contribution in [0.25, 0.3) is 0 Å². The maximum atomic E-state index is 11.0. The molecule has 0 amide bonds. The fourth-order valence-electron chi connectivity index (χ4n) is 1.41. The standard InChI is InChI=1S/C10H18N2OS2/c1-8(6-15(3)13)11-5-4-10-9(2)12-7-14-10/h7-8,11H,4-6H2,1-3H3. The molecule has 0 saturated heterocycles. The fraction of sp³-hybridized carbons (Fsp3) is 0.700. The smallest absolute Gasteiger partial charge is 0.0797 e. The summed E-state index contributed by atoms with van der Waals surface area (Å²) in [6, 6.07) is 0.323. The maximum absolute atomic E-state index is 11.0. The van der Waals surface area contributed by atoms with Crippen molar-refractivity contribution in [2.45, 2.75) is 26.3 Å². The van der Waals surface area contributed by atoms with E-state index >= 15 is 0 Å². The van der Waals surface area contributed by atoms with E-state index in [1.54, 1.807) is 17.6 Å². The van der Waals surface area contributed by atoms with Gasteiger partial charge in [0, 0.05) is 40.3 Å². The molecule has 0 aromatic carbocycles. The Morgan fingerprint density at radius 1 is 1.67 bits per heavy atom. The molecule has 1 heterocycles. The molecule has 0 spiro atoms. The zero-order valence-electron chi connectivity index (χ0n) is 9.45. The summed E-state index contributed by atoms with van der Waals surface area (Å²) in [6.07, 6.45) is 2.75. The molecule has 1 rings (SSSR count). The van der Waals surface area contributed by atoms with Crippen LogP contribution in [0.1, 0.15) is 17.5 Å². The van der Waals surface area contributed by atoms with E-state index in [4.69, 9.17) is 0 Å². The summed E-state index contributed by atoms with van der Waals surface area (Å²) >= 11 is 1.70. The lowest BCUT2D eigenvalue weighted by Gasteiger charge is -2.11. The molecule has 0 saturated carbocycles. The van der Waals surface area contributed by atoms with Gasteiger partial charge >= 0.3 is 0 Å². The molecular weight excluding hydrogens is 228 g/mol. The van der Waals surface area contributed by atoms with Gasteiger partial charge in [0.25, 0.3) is 0 Å². The Kier molecular flexibility index (Phi) is 5.42. The predicted octanol–water partition coefficient (Wildman–Crippen LogP) is 1.35. The topological polar surface area (TPSA) is 42.0 Å². The van der Waals surface area contributed by atoms with E-state index in [1.165, 1.54) is 4.88 Å². The Morgan fingerprint density at radius 3 is 2.93 bits per heavy atom. The van der Waals surface area contributed by atoms with Crippen LogP contribution in [-0.4, -0.2) is 33.8 Å². The lowest BCUT2D eigenvalue weighted by molar-refractivity contribution is 0.590. The van der Waals surface area contributed by atoms with Gasteiger partial charge in [0.05, 0.1) is 11.2 Å². The molecule has 3 nitrogen and oxygen atoms in total. The number of hydrogen-bond donors (Lipinski definition) is 1. The van der Waals surface area contributed by atoms with Gasteiger partial charge in [-0.1, -0.05) is 0 Å². The second-order valence-electron chi connectivity index (χ2n) is 3.71. The van der Waals surface area contributed by atoms with Crippen LogP contribution in [0.15, 0.2) is 5.51 Å². The molecule has 1 aromatic heterocycles. The lowest BCUT2D eigenvalue weighted by atomic mass is 10.3. The first-order chi connectivity index (χ1) is 7.09. The highest BCUT2D eigenvalue weighted by Crippen LogP contribution is 2.11. The summed E-state index contributed by atoms with van der Waals surface area (Å²) in [5, 5.41) is 3.37. The van der Waals surface area contributed by atoms with Gasteiger partial charge in [-0.2, -0.15) is 0 Å². The monoisotopic (exact) mass is 246 g/mol. The van der Waals surface area contributed by atoms with E-state index in [0.717, 1.165) is 24.4 Å². The third-order valence-corrected chi connectivity index (χ3v) is 4.14. The Bertz CT molecular complexity index is 325. The van der Waals surface area contributed by atoms with Crippen molar-refractivity contribution in [3.05, 3.63) is 16.1 Å². The number of aryl methyl sites for hydroxylation is 1. The van der Waals surface area contributed by atoms with E-state index in [-0.39, 0.29) is 0 Å². The normalized spacial score (nSPS) is 15.1. The molecule has 2 atom stereocenters. The van der Waals surface area contributed by atoms with E-state index < -0.39 is 10.8 Å². The van der Waals surface area contributed by atoms with Crippen LogP contribution in [0.4, 0.5) is 0 Å². The average Bonchev–Trinajstić information content (AvgIpc) is 2.50. The highest BCUT2D eigenvalue weighted by Gasteiger charge is 2.05. The molecule has 86 valence electrons. The third-order valence-electron chi connectivity index (χ3n) is 2.17. The summed E-state index contributed by atoms with van der Waals surface area (Å²) in [7, 11) is -0.712. The van der Waals surface area contributed by atoms with Crippen LogP contribution in [0.5, 0.6) is 0 Å². The van der Waals surface area contributed by atoms with Crippen molar-refractivity contribution in [1.29, 1.82) is 0 Å². The van der Waals surface area contributed by atoms with Gasteiger partial charge in [0.15, 0.2) is 0 Å². The third kappa shape index (κ3) is 4.86. The average molecular weight is 246 g/mol. The van der Waals surface area contributed by atoms with Crippen LogP contribution in [-0.2, 0) is 17.2 Å². The van der Waals surface area contributed by atoms with Crippen molar-refractivity contribution in [2.75, 3.05) is 18.6 Å². The maximum Gasteiger partial charge on any atom is 0.0797 e. The van der Waals surface area contributed by atoms with Crippen LogP contribution in [0.3, 0.4) is 0 Å². The zero-order valence-corrected chi connectivity index (χ0v) is 11.1. The summed E-state index contributed by atoms with van der Waals surface area (Å²) < 4.78 is 11.0. The molecule has 0 aliphatic carbocycles. The number of nitrogens with one attached hydrogen (secondary N) is 1. The minimum atomic E-state index is -0.712. The minimum Gasteiger partial charge on any atom is -0.313 e. The molecule has 1 aromatic rings. The molecule has 0 radical (unpaired) electrons. The van der Waals surface area contributed by atoms with Crippen LogP contribution in [0, 0.1) is 6.92 Å². The Hall–Kier alpha value is -0.260. The molecule has 5 heteroatoms. The Labute approximate surface area is 97.8 Å². The lowest BCUT2D eigenvalue weighted by Crippen LogP contribution is -2.32. The Balaban J connectivity index is 2.22. The van der Waals surface area contributed by atoms with Gasteiger partial charge in [-0.05, 0) is 20.3 Å². The first-order valence-electron chi connectivity index (χ1n) is 5.02. The molecule has 15 heavy (non-hydrogen) atoms. The highest BCUT2D eigenvalue weighted by molar-refractivity contribution is 7.84. The van der Waals surface area contributed by atoms with Gasteiger partial charge in [0.2, 0.25) is 0 Å². The van der Waals surface area contributed by atoms with Gasteiger partial charge in [0.1, 0.15) is 0 Å². The van der Waals surface area contributed by atoms with Gasteiger partial charge in [-0.15, -0.1) is 11.3 Å². The van der Waals surface area contributed by atoms with Gasteiger partial charge in [-0.25, -0.2) is 4.98 Å². The predicted molar refractivity (Wildman–Crippen MR) is 67.0 cm³/mol. The van der Waals surface area contributed by atoms with Crippen LogP contribution >= 0.6 is 11.3 Å². The van der Waals surface area contributed by atoms with E-state index in [1.807, 2.05) is 12.4 Å². The summed E-state index contributed by atoms with van der Waals surface area (Å²) in [5.41, 5.74) is 3.02. The molecule has 0 aliphatic heterocycles. The molecule has 0 bridgehead atoms. The molecule has 2 unspecified atom stereocenters. The largest absolute Gasteiger partial charge is 0.313 e. The van der Waals surface area contributed by atoms with E-state index in [2.05, 4.69) is 17.2 Å². The van der Waals surface area contributed by atoms with Crippen molar-refractivity contribution in [1.82, 2.24) is 10.3 Å². The van der Waals surface area contributed by atoms with Crippen LogP contribution in [0.2, 0.25) is 0 Å². The molecular formula is C10H18N2OS2. The molecule has 0 aliphatic rings. The van der Waals surface area contributed by atoms with Crippen molar-refractivity contribution in [3.63, 3.8) is 0 Å². The quantitative estimate of drug-likeness (QED) is 0.824. The van der Waals surface area contributed by atoms with Gasteiger partial charge < -0.3 is 5.32 Å². The SMILES string of the molecule is Cc1ncsc1CCNC(C)CS(C)=O. The summed E-state index contributed by atoms with van der Waals surface area (Å²) in [5.74, 6) is 0.724. The second-order valence-corrected chi connectivity index (χ2v) is 6.13. The second kappa shape index (κ2) is 6.35. The summed E-state index contributed by atoms with van der Waals surface area (Å²) in [6.45, 7) is 5.04. The zero-order chi connectivity index (χ0) is 11.3. The number of hydrogen-bond acceptors (Lipinski definition) is 4. The Morgan fingerprint density at radius 2 is 2.40 bits per heavy atom. The first kappa shape index (κ1) is 12.8. The number of thiazole rings is 1. The summed E-state index contributed by atoms with van der Waals surface area (Å²) in [4.78, 5) is 5.54. The van der Waals surface area contributed by atoms with Crippen LogP contribution < -0.4 is 5.32 Å². The fourth-order valence-corrected chi connectivity index (χ4v) is 3.01. The van der Waals surface area contributed by atoms with E-state index in [0.29, 0.717) is 6.04 Å².